The largest absolute Gasteiger partial charge is 0.449 e. The minimum atomic E-state index is -4.31. The van der Waals surface area contributed by atoms with Crippen molar-refractivity contribution in [2.45, 2.75) is 17.9 Å². The van der Waals surface area contributed by atoms with Crippen LogP contribution in [0.3, 0.4) is 0 Å². The summed E-state index contributed by atoms with van der Waals surface area (Å²) in [6.45, 7) is 4.62. The summed E-state index contributed by atoms with van der Waals surface area (Å²) < 4.78 is 45.9. The monoisotopic (exact) mass is 497 g/mol. The average Bonchev–Trinajstić information content (AvgIpc) is 2.77. The van der Waals surface area contributed by atoms with E-state index in [4.69, 9.17) is 16.3 Å². The van der Waals surface area contributed by atoms with Gasteiger partial charge in [-0.15, -0.1) is 6.58 Å². The number of carbonyl (C=O) groups is 3. The van der Waals surface area contributed by atoms with E-state index in [9.17, 15) is 27.2 Å². The van der Waals surface area contributed by atoms with Gasteiger partial charge < -0.3 is 10.1 Å². The Balaban J connectivity index is 2.36. The van der Waals surface area contributed by atoms with Crippen molar-refractivity contribution in [1.29, 1.82) is 0 Å². The predicted octanol–water partition coefficient (Wildman–Crippen LogP) is 2.86. The van der Waals surface area contributed by atoms with E-state index < -0.39 is 44.7 Å². The first-order chi connectivity index (χ1) is 15.5. The van der Waals surface area contributed by atoms with E-state index in [1.54, 1.807) is 0 Å². The smallest absolute Gasteiger partial charge is 0.338 e. The maximum absolute atomic E-state index is 13.3. The lowest BCUT2D eigenvalue weighted by atomic mass is 10.2. The summed E-state index contributed by atoms with van der Waals surface area (Å²) in [5, 5.41) is 3.96. The van der Waals surface area contributed by atoms with Crippen molar-refractivity contribution in [1.82, 2.24) is 10.6 Å². The van der Waals surface area contributed by atoms with E-state index in [0.717, 1.165) is 22.5 Å². The lowest BCUT2D eigenvalue weighted by Gasteiger charge is -2.24. The zero-order chi connectivity index (χ0) is 24.8. The van der Waals surface area contributed by atoms with Gasteiger partial charge in [-0.25, -0.2) is 22.4 Å². The van der Waals surface area contributed by atoms with Crippen LogP contribution in [0.1, 0.15) is 17.3 Å². The number of sulfonamides is 1. The molecule has 2 N–H and O–H groups in total. The third-order valence-electron chi connectivity index (χ3n) is 4.26. The van der Waals surface area contributed by atoms with Gasteiger partial charge in [0, 0.05) is 7.05 Å². The molecule has 12 heteroatoms. The lowest BCUT2D eigenvalue weighted by Crippen LogP contribution is -2.43. The number of anilines is 1. The summed E-state index contributed by atoms with van der Waals surface area (Å²) >= 11 is 6.12. The first-order valence-corrected chi connectivity index (χ1v) is 11.2. The molecule has 0 spiro atoms. The van der Waals surface area contributed by atoms with Crippen LogP contribution in [0.15, 0.2) is 60.0 Å². The highest BCUT2D eigenvalue weighted by molar-refractivity contribution is 7.93. The molecule has 0 aliphatic heterocycles. The minimum Gasteiger partial charge on any atom is -0.449 e. The fraction of sp³-hybridized carbons (Fsp3) is 0.190. The highest BCUT2D eigenvalue weighted by atomic mass is 35.5. The molecule has 2 aromatic carbocycles. The van der Waals surface area contributed by atoms with Gasteiger partial charge in [0.25, 0.3) is 15.9 Å². The Bertz CT molecular complexity index is 1170. The quantitative estimate of drug-likeness (QED) is 0.427. The zero-order valence-electron chi connectivity index (χ0n) is 17.7. The molecule has 0 fully saturated rings. The van der Waals surface area contributed by atoms with Crippen molar-refractivity contribution < 1.29 is 31.9 Å². The summed E-state index contributed by atoms with van der Waals surface area (Å²) in [6, 6.07) is 7.38. The average molecular weight is 498 g/mol. The Morgan fingerprint density at radius 3 is 2.42 bits per heavy atom. The third kappa shape index (κ3) is 6.30. The second kappa shape index (κ2) is 10.9. The van der Waals surface area contributed by atoms with Crippen LogP contribution in [0.2, 0.25) is 5.02 Å². The Labute approximate surface area is 195 Å². The number of nitrogens with zero attached hydrogens (tertiary/aromatic N) is 1. The van der Waals surface area contributed by atoms with Crippen LogP contribution in [0.4, 0.5) is 14.9 Å². The number of ether oxygens (including phenoxy) is 1. The van der Waals surface area contributed by atoms with Crippen molar-refractivity contribution >= 4 is 45.2 Å². The van der Waals surface area contributed by atoms with E-state index in [0.29, 0.717) is 0 Å². The highest BCUT2D eigenvalue weighted by Crippen LogP contribution is 2.30. The summed E-state index contributed by atoms with van der Waals surface area (Å²) in [4.78, 5) is 35.2. The molecule has 0 radical (unpaired) electrons. The molecule has 0 saturated carbocycles. The number of imide groups is 1. The van der Waals surface area contributed by atoms with Gasteiger partial charge >= 0.3 is 12.0 Å². The molecule has 1 unspecified atom stereocenters. The van der Waals surface area contributed by atoms with Gasteiger partial charge in [0.1, 0.15) is 10.7 Å². The fourth-order valence-corrected chi connectivity index (χ4v) is 4.51. The number of urea groups is 1. The lowest BCUT2D eigenvalue weighted by molar-refractivity contribution is -0.127. The third-order valence-corrected chi connectivity index (χ3v) is 6.54. The molecular weight excluding hydrogens is 477 g/mol. The summed E-state index contributed by atoms with van der Waals surface area (Å²) in [6.07, 6.45) is -0.0124. The molecule has 33 heavy (non-hydrogen) atoms. The van der Waals surface area contributed by atoms with Crippen molar-refractivity contribution in [2.75, 3.05) is 17.9 Å². The van der Waals surface area contributed by atoms with Crippen molar-refractivity contribution in [3.8, 4) is 0 Å². The molecule has 0 aliphatic carbocycles. The second-order valence-electron chi connectivity index (χ2n) is 6.56. The van der Waals surface area contributed by atoms with Crippen molar-refractivity contribution in [3.63, 3.8) is 0 Å². The van der Waals surface area contributed by atoms with Gasteiger partial charge in [0.05, 0.1) is 22.8 Å². The van der Waals surface area contributed by atoms with E-state index >= 15 is 0 Å². The Hall–Kier alpha value is -3.44. The topological polar surface area (TPSA) is 122 Å². The van der Waals surface area contributed by atoms with E-state index in [-0.39, 0.29) is 22.8 Å². The van der Waals surface area contributed by atoms with Crippen LogP contribution >= 0.6 is 11.6 Å². The molecule has 2 rings (SSSR count). The number of hydrogen-bond donors (Lipinski definition) is 2. The number of benzene rings is 2. The molecule has 176 valence electrons. The number of carbonyl (C=O) groups excluding carboxylic acids is 3. The first kappa shape index (κ1) is 25.8. The minimum absolute atomic E-state index is 0.153. The van der Waals surface area contributed by atoms with Crippen molar-refractivity contribution in [2.24, 2.45) is 0 Å². The van der Waals surface area contributed by atoms with Crippen LogP contribution < -0.4 is 14.9 Å². The zero-order valence-corrected chi connectivity index (χ0v) is 19.2. The molecule has 0 saturated heterocycles. The maximum atomic E-state index is 13.3. The fourth-order valence-electron chi connectivity index (χ4n) is 2.57. The van der Waals surface area contributed by atoms with Crippen LogP contribution in [0.25, 0.3) is 0 Å². The summed E-state index contributed by atoms with van der Waals surface area (Å²) in [5.74, 6) is -2.44. The van der Waals surface area contributed by atoms with Gasteiger partial charge in [0.2, 0.25) is 0 Å². The molecule has 9 nitrogen and oxygen atoms in total. The molecule has 0 bridgehead atoms. The summed E-state index contributed by atoms with van der Waals surface area (Å²) in [7, 11) is -3.01. The number of halogens is 2. The van der Waals surface area contributed by atoms with Crippen molar-refractivity contribution in [3.05, 3.63) is 71.5 Å². The van der Waals surface area contributed by atoms with Gasteiger partial charge in [-0.1, -0.05) is 17.7 Å². The summed E-state index contributed by atoms with van der Waals surface area (Å²) in [5.41, 5.74) is -0.0462. The predicted molar refractivity (Wildman–Crippen MR) is 120 cm³/mol. The van der Waals surface area contributed by atoms with E-state index in [1.807, 2.05) is 5.32 Å². The molecular formula is C21H21ClFN3O6S. The molecule has 3 amide bonds. The standard InChI is InChI=1S/C21H21ClFN3O6S/c1-4-11-26(16-8-6-15(23)7-9-16)33(30,31)18-12-14(5-10-17(18)22)20(28)32-13(2)19(27)25-21(29)24-3/h4-10,12-13H,1,11H2,2-3H3,(H2,24,25,27,29). The highest BCUT2D eigenvalue weighted by Gasteiger charge is 2.28. The molecule has 0 aliphatic rings. The SMILES string of the molecule is C=CCN(c1ccc(F)cc1)S(=O)(=O)c1cc(C(=O)OC(C)C(=O)NC(=O)NC)ccc1Cl. The van der Waals surface area contributed by atoms with Crippen LogP contribution in [0, 0.1) is 5.82 Å². The van der Waals surface area contributed by atoms with Gasteiger partial charge in [-0.3, -0.25) is 14.4 Å². The second-order valence-corrected chi connectivity index (χ2v) is 8.80. The van der Waals surface area contributed by atoms with Gasteiger partial charge in [-0.05, 0) is 49.4 Å². The number of rotatable bonds is 8. The van der Waals surface area contributed by atoms with Crippen LogP contribution in [0.5, 0.6) is 0 Å². The Morgan fingerprint density at radius 2 is 1.85 bits per heavy atom. The Morgan fingerprint density at radius 1 is 1.21 bits per heavy atom. The number of amides is 3. The Kier molecular flexibility index (Phi) is 8.55. The molecule has 0 aromatic heterocycles. The maximum Gasteiger partial charge on any atom is 0.338 e. The number of esters is 1. The van der Waals surface area contributed by atoms with E-state index in [1.165, 1.54) is 44.3 Å². The number of hydrogen-bond acceptors (Lipinski definition) is 6. The molecule has 0 heterocycles. The van der Waals surface area contributed by atoms with E-state index in [2.05, 4.69) is 11.9 Å². The van der Waals surface area contributed by atoms with Crippen LogP contribution in [-0.4, -0.2) is 46.0 Å². The molecule has 2 aromatic rings. The molecule has 1 atom stereocenters. The van der Waals surface area contributed by atoms with Gasteiger partial charge in [-0.2, -0.15) is 0 Å². The van der Waals surface area contributed by atoms with Gasteiger partial charge in [0.15, 0.2) is 6.10 Å². The normalized spacial score (nSPS) is 11.8. The first-order valence-electron chi connectivity index (χ1n) is 9.43. The van der Waals surface area contributed by atoms with Crippen LogP contribution in [-0.2, 0) is 19.6 Å². The number of nitrogens with one attached hydrogen (secondary N) is 2.